The van der Waals surface area contributed by atoms with Gasteiger partial charge in [-0.2, -0.15) is 0 Å². The quantitative estimate of drug-likeness (QED) is 0.0262. The van der Waals surface area contributed by atoms with Crippen molar-refractivity contribution >= 4 is 17.9 Å². The summed E-state index contributed by atoms with van der Waals surface area (Å²) >= 11 is 0. The van der Waals surface area contributed by atoms with E-state index in [1.54, 1.807) is 0 Å². The SMILES string of the molecule is CCC=CCC=CCC=CCCCCCCCC(=O)OC[C@@H](COC(=O)CCCCCCCC=CCC=CCCCCC)OC(=O)CCCCCCCCCCCCCCCCC. The molecule has 0 aliphatic carbocycles. The zero-order valence-corrected chi connectivity index (χ0v) is 41.6. The van der Waals surface area contributed by atoms with Crippen molar-refractivity contribution in [2.45, 2.75) is 271 Å². The van der Waals surface area contributed by atoms with E-state index in [0.717, 1.165) is 116 Å². The highest BCUT2D eigenvalue weighted by atomic mass is 16.6. The Bertz CT molecular complexity index is 1150. The molecule has 0 aliphatic rings. The lowest BCUT2D eigenvalue weighted by Crippen LogP contribution is -2.30. The third-order valence-electron chi connectivity index (χ3n) is 11.5. The van der Waals surface area contributed by atoms with Crippen LogP contribution in [0.1, 0.15) is 265 Å². The molecule has 0 spiro atoms. The molecule has 0 heterocycles. The van der Waals surface area contributed by atoms with Crippen molar-refractivity contribution in [3.05, 3.63) is 60.8 Å². The van der Waals surface area contributed by atoms with E-state index in [1.165, 1.54) is 109 Å². The first-order valence-corrected chi connectivity index (χ1v) is 26.8. The summed E-state index contributed by atoms with van der Waals surface area (Å²) in [4.78, 5) is 38.0. The maximum atomic E-state index is 12.8. The second kappa shape index (κ2) is 51.7. The number of ether oxygens (including phenoxy) is 3. The van der Waals surface area contributed by atoms with Gasteiger partial charge in [-0.3, -0.25) is 14.4 Å². The number of hydrogen-bond acceptors (Lipinski definition) is 6. The van der Waals surface area contributed by atoms with Crippen molar-refractivity contribution < 1.29 is 28.6 Å². The molecule has 63 heavy (non-hydrogen) atoms. The summed E-state index contributed by atoms with van der Waals surface area (Å²) in [7, 11) is 0. The lowest BCUT2D eigenvalue weighted by atomic mass is 10.0. The predicted molar refractivity (Wildman–Crippen MR) is 270 cm³/mol. The van der Waals surface area contributed by atoms with E-state index in [1.807, 2.05) is 0 Å². The van der Waals surface area contributed by atoms with Crippen LogP contribution in [0.15, 0.2) is 60.8 Å². The summed E-state index contributed by atoms with van der Waals surface area (Å²) in [6.07, 6.45) is 63.4. The van der Waals surface area contributed by atoms with Crippen molar-refractivity contribution in [1.82, 2.24) is 0 Å². The number of esters is 3. The summed E-state index contributed by atoms with van der Waals surface area (Å²) in [6.45, 7) is 6.49. The van der Waals surface area contributed by atoms with E-state index in [2.05, 4.69) is 81.5 Å². The van der Waals surface area contributed by atoms with E-state index >= 15 is 0 Å². The first-order chi connectivity index (χ1) is 31.0. The molecule has 0 radical (unpaired) electrons. The molecule has 0 fully saturated rings. The second-order valence-electron chi connectivity index (χ2n) is 17.8. The standard InChI is InChI=1S/C57H100O6/c1-4-7-10-13-16-19-22-25-28-31-34-37-40-43-46-49-55(58)61-52-54(63-57(60)51-48-45-42-39-36-33-30-27-24-21-18-15-12-9-6-3)53-62-56(59)50-47-44-41-38-35-32-29-26-23-20-17-14-11-8-5-2/h7,10,16-17,19-20,25-26,28-29,54H,4-6,8-9,11-15,18,21-24,27,30-53H2,1-3H3/t54-/m0/s1. The van der Waals surface area contributed by atoms with E-state index in [9.17, 15) is 14.4 Å². The average molecular weight is 881 g/mol. The highest BCUT2D eigenvalue weighted by molar-refractivity contribution is 5.71. The van der Waals surface area contributed by atoms with E-state index in [-0.39, 0.29) is 31.1 Å². The molecule has 0 unspecified atom stereocenters. The summed E-state index contributed by atoms with van der Waals surface area (Å²) in [5.41, 5.74) is 0. The van der Waals surface area contributed by atoms with Crippen LogP contribution >= 0.6 is 0 Å². The van der Waals surface area contributed by atoms with Crippen LogP contribution in [0.2, 0.25) is 0 Å². The van der Waals surface area contributed by atoms with Gasteiger partial charge in [-0.1, -0.05) is 223 Å². The van der Waals surface area contributed by atoms with Crippen molar-refractivity contribution in [1.29, 1.82) is 0 Å². The zero-order chi connectivity index (χ0) is 45.8. The molecule has 6 heteroatoms. The predicted octanol–water partition coefficient (Wildman–Crippen LogP) is 17.6. The number of hydrogen-bond donors (Lipinski definition) is 0. The molecule has 0 bridgehead atoms. The Morgan fingerprint density at radius 2 is 0.619 bits per heavy atom. The van der Waals surface area contributed by atoms with E-state index in [0.29, 0.717) is 19.3 Å². The molecule has 0 aromatic rings. The maximum absolute atomic E-state index is 12.8. The van der Waals surface area contributed by atoms with Crippen LogP contribution in [-0.4, -0.2) is 37.2 Å². The number of carbonyl (C=O) groups excluding carboxylic acids is 3. The molecule has 0 amide bonds. The highest BCUT2D eigenvalue weighted by Gasteiger charge is 2.19. The second-order valence-corrected chi connectivity index (χ2v) is 17.8. The van der Waals surface area contributed by atoms with Gasteiger partial charge in [-0.15, -0.1) is 0 Å². The van der Waals surface area contributed by atoms with Crippen LogP contribution in [0.4, 0.5) is 0 Å². The average Bonchev–Trinajstić information content (AvgIpc) is 3.28. The van der Waals surface area contributed by atoms with Gasteiger partial charge in [0.1, 0.15) is 13.2 Å². The van der Waals surface area contributed by atoms with Crippen LogP contribution in [0.5, 0.6) is 0 Å². The van der Waals surface area contributed by atoms with Gasteiger partial charge < -0.3 is 14.2 Å². The fourth-order valence-electron chi connectivity index (χ4n) is 7.49. The molecule has 364 valence electrons. The molecular weight excluding hydrogens is 781 g/mol. The molecular formula is C57H100O6. The Kier molecular flexibility index (Phi) is 49.4. The van der Waals surface area contributed by atoms with Crippen LogP contribution in [0.3, 0.4) is 0 Å². The Morgan fingerprint density at radius 3 is 1.00 bits per heavy atom. The fraction of sp³-hybridized carbons (Fsp3) is 0.772. The number of allylic oxidation sites excluding steroid dienone is 10. The lowest BCUT2D eigenvalue weighted by molar-refractivity contribution is -0.167. The Hall–Kier alpha value is -2.89. The van der Waals surface area contributed by atoms with Gasteiger partial charge in [0.25, 0.3) is 0 Å². The smallest absolute Gasteiger partial charge is 0.306 e. The van der Waals surface area contributed by atoms with Gasteiger partial charge in [-0.25, -0.2) is 0 Å². The first-order valence-electron chi connectivity index (χ1n) is 26.8. The van der Waals surface area contributed by atoms with Crippen molar-refractivity contribution in [2.24, 2.45) is 0 Å². The topological polar surface area (TPSA) is 78.9 Å². The maximum Gasteiger partial charge on any atom is 0.306 e. The van der Waals surface area contributed by atoms with Crippen molar-refractivity contribution in [2.75, 3.05) is 13.2 Å². The van der Waals surface area contributed by atoms with Gasteiger partial charge in [0, 0.05) is 19.3 Å². The van der Waals surface area contributed by atoms with Gasteiger partial charge in [-0.05, 0) is 83.5 Å². The zero-order valence-electron chi connectivity index (χ0n) is 41.6. The molecule has 0 aromatic carbocycles. The molecule has 0 saturated heterocycles. The van der Waals surface area contributed by atoms with Gasteiger partial charge >= 0.3 is 17.9 Å². The molecule has 0 rings (SSSR count). The van der Waals surface area contributed by atoms with Crippen LogP contribution in [0, 0.1) is 0 Å². The van der Waals surface area contributed by atoms with Crippen molar-refractivity contribution in [3.8, 4) is 0 Å². The third kappa shape index (κ3) is 50.0. The summed E-state index contributed by atoms with van der Waals surface area (Å²) in [6, 6.07) is 0. The molecule has 0 aromatic heterocycles. The largest absolute Gasteiger partial charge is 0.462 e. The first kappa shape index (κ1) is 60.1. The molecule has 0 saturated carbocycles. The summed E-state index contributed by atoms with van der Waals surface area (Å²) < 4.78 is 16.8. The van der Waals surface area contributed by atoms with Gasteiger partial charge in [0.15, 0.2) is 6.10 Å². The highest BCUT2D eigenvalue weighted by Crippen LogP contribution is 2.15. The third-order valence-corrected chi connectivity index (χ3v) is 11.5. The fourth-order valence-corrected chi connectivity index (χ4v) is 7.49. The molecule has 0 aliphatic heterocycles. The number of rotatable bonds is 48. The molecule has 1 atom stereocenters. The van der Waals surface area contributed by atoms with E-state index in [4.69, 9.17) is 14.2 Å². The molecule has 6 nitrogen and oxygen atoms in total. The minimum atomic E-state index is -0.784. The molecule has 0 N–H and O–H groups in total. The van der Waals surface area contributed by atoms with E-state index < -0.39 is 6.10 Å². The van der Waals surface area contributed by atoms with Gasteiger partial charge in [0.2, 0.25) is 0 Å². The lowest BCUT2D eigenvalue weighted by Gasteiger charge is -2.18. The van der Waals surface area contributed by atoms with Crippen molar-refractivity contribution in [3.63, 3.8) is 0 Å². The number of unbranched alkanes of at least 4 members (excludes halogenated alkanes) is 27. The Labute approximate surface area is 390 Å². The summed E-state index contributed by atoms with van der Waals surface area (Å²) in [5, 5.41) is 0. The van der Waals surface area contributed by atoms with Gasteiger partial charge in [0.05, 0.1) is 0 Å². The minimum absolute atomic E-state index is 0.0853. The minimum Gasteiger partial charge on any atom is -0.462 e. The monoisotopic (exact) mass is 881 g/mol. The Balaban J connectivity index is 4.41. The van der Waals surface area contributed by atoms with Crippen LogP contribution in [-0.2, 0) is 28.6 Å². The number of carbonyl (C=O) groups is 3. The Morgan fingerprint density at radius 1 is 0.333 bits per heavy atom. The van der Waals surface area contributed by atoms with Crippen LogP contribution < -0.4 is 0 Å². The normalized spacial score (nSPS) is 12.5. The summed E-state index contributed by atoms with van der Waals surface area (Å²) in [5.74, 6) is -0.906. The van der Waals surface area contributed by atoms with Crippen LogP contribution in [0.25, 0.3) is 0 Å².